The van der Waals surface area contributed by atoms with E-state index in [0.717, 1.165) is 5.92 Å². The molecule has 0 heterocycles. The SMILES string of the molecule is CC(C)=CC1C/C1=C\c1ccccc1. The van der Waals surface area contributed by atoms with Gasteiger partial charge in [0.25, 0.3) is 0 Å². The van der Waals surface area contributed by atoms with Crippen molar-refractivity contribution in [2.75, 3.05) is 0 Å². The van der Waals surface area contributed by atoms with Crippen LogP contribution in [0.25, 0.3) is 6.08 Å². The van der Waals surface area contributed by atoms with Crippen LogP contribution in [0.15, 0.2) is 47.6 Å². The average Bonchev–Trinajstić information content (AvgIpc) is 2.84. The first kappa shape index (κ1) is 9.26. The third kappa shape index (κ3) is 2.35. The van der Waals surface area contributed by atoms with Crippen molar-refractivity contribution in [3.05, 3.63) is 53.1 Å². The van der Waals surface area contributed by atoms with E-state index in [1.165, 1.54) is 17.6 Å². The zero-order valence-corrected chi connectivity index (χ0v) is 8.83. The van der Waals surface area contributed by atoms with E-state index in [-0.39, 0.29) is 0 Å². The lowest BCUT2D eigenvalue weighted by Crippen LogP contribution is -1.70. The monoisotopic (exact) mass is 184 g/mol. The summed E-state index contributed by atoms with van der Waals surface area (Å²) in [6, 6.07) is 10.5. The molecule has 0 amide bonds. The van der Waals surface area contributed by atoms with Gasteiger partial charge in [-0.2, -0.15) is 0 Å². The van der Waals surface area contributed by atoms with Crippen molar-refractivity contribution >= 4 is 6.08 Å². The molecule has 0 saturated heterocycles. The number of hydrogen-bond acceptors (Lipinski definition) is 0. The molecule has 0 bridgehead atoms. The minimum absolute atomic E-state index is 0.722. The molecule has 0 heteroatoms. The molecule has 0 spiro atoms. The molecule has 1 saturated carbocycles. The molecule has 1 aliphatic rings. The molecule has 0 nitrogen and oxygen atoms in total. The van der Waals surface area contributed by atoms with Crippen molar-refractivity contribution in [1.82, 2.24) is 0 Å². The highest BCUT2D eigenvalue weighted by molar-refractivity contribution is 5.58. The number of hydrogen-bond donors (Lipinski definition) is 0. The van der Waals surface area contributed by atoms with Gasteiger partial charge in [0.05, 0.1) is 0 Å². The largest absolute Gasteiger partial charge is 0.0798 e. The normalized spacial score (nSPS) is 22.1. The molecule has 1 atom stereocenters. The summed E-state index contributed by atoms with van der Waals surface area (Å²) in [5.74, 6) is 0.722. The standard InChI is InChI=1S/C14H16/c1-11(2)8-13-10-14(13)9-12-6-4-3-5-7-12/h3-9,13H,10H2,1-2H3/b14-9+. The predicted molar refractivity (Wildman–Crippen MR) is 62.0 cm³/mol. The van der Waals surface area contributed by atoms with Gasteiger partial charge in [-0.1, -0.05) is 53.6 Å². The number of benzene rings is 1. The summed E-state index contributed by atoms with van der Waals surface area (Å²) in [5, 5.41) is 0. The Hall–Kier alpha value is -1.30. The predicted octanol–water partition coefficient (Wildman–Crippen LogP) is 4.06. The van der Waals surface area contributed by atoms with Crippen LogP contribution in [0.1, 0.15) is 25.8 Å². The van der Waals surface area contributed by atoms with Crippen molar-refractivity contribution in [1.29, 1.82) is 0 Å². The lowest BCUT2D eigenvalue weighted by atomic mass is 10.2. The Bertz CT molecular complexity index is 364. The Kier molecular flexibility index (Phi) is 2.53. The van der Waals surface area contributed by atoms with Gasteiger partial charge in [-0.15, -0.1) is 0 Å². The highest BCUT2D eigenvalue weighted by Crippen LogP contribution is 2.40. The minimum Gasteiger partial charge on any atom is -0.0798 e. The van der Waals surface area contributed by atoms with Gasteiger partial charge in [0.15, 0.2) is 0 Å². The molecule has 1 unspecified atom stereocenters. The fourth-order valence-electron chi connectivity index (χ4n) is 1.69. The van der Waals surface area contributed by atoms with Crippen LogP contribution in [0.3, 0.4) is 0 Å². The highest BCUT2D eigenvalue weighted by Gasteiger charge is 2.26. The van der Waals surface area contributed by atoms with E-state index in [1.54, 1.807) is 5.57 Å². The molecule has 1 fully saturated rings. The molecule has 1 aromatic rings. The van der Waals surface area contributed by atoms with Crippen LogP contribution in [0, 0.1) is 5.92 Å². The van der Waals surface area contributed by atoms with Gasteiger partial charge < -0.3 is 0 Å². The topological polar surface area (TPSA) is 0 Å². The van der Waals surface area contributed by atoms with Gasteiger partial charge in [-0.3, -0.25) is 0 Å². The van der Waals surface area contributed by atoms with E-state index in [2.05, 4.69) is 56.3 Å². The van der Waals surface area contributed by atoms with Crippen LogP contribution in [-0.4, -0.2) is 0 Å². The molecule has 14 heavy (non-hydrogen) atoms. The second-order valence-electron chi connectivity index (χ2n) is 4.18. The Morgan fingerprint density at radius 2 is 1.93 bits per heavy atom. The lowest BCUT2D eigenvalue weighted by Gasteiger charge is -1.90. The molecule has 1 aromatic carbocycles. The van der Waals surface area contributed by atoms with E-state index >= 15 is 0 Å². The van der Waals surface area contributed by atoms with Crippen molar-refractivity contribution in [2.24, 2.45) is 5.92 Å². The second kappa shape index (κ2) is 3.83. The van der Waals surface area contributed by atoms with Crippen LogP contribution in [0.5, 0.6) is 0 Å². The molecule has 0 aromatic heterocycles. The van der Waals surface area contributed by atoms with Gasteiger partial charge >= 0.3 is 0 Å². The summed E-state index contributed by atoms with van der Waals surface area (Å²) in [6.07, 6.45) is 5.92. The summed E-state index contributed by atoms with van der Waals surface area (Å²) in [5.41, 5.74) is 4.32. The first-order valence-corrected chi connectivity index (χ1v) is 5.16. The third-order valence-electron chi connectivity index (χ3n) is 2.46. The molecule has 0 radical (unpaired) electrons. The fraction of sp³-hybridized carbons (Fsp3) is 0.286. The van der Waals surface area contributed by atoms with Gasteiger partial charge in [-0.25, -0.2) is 0 Å². The second-order valence-corrected chi connectivity index (χ2v) is 4.18. The Balaban J connectivity index is 2.06. The Morgan fingerprint density at radius 1 is 1.21 bits per heavy atom. The smallest absolute Gasteiger partial charge is 0.00204 e. The molecule has 1 aliphatic carbocycles. The van der Waals surface area contributed by atoms with Gasteiger partial charge in [0, 0.05) is 5.92 Å². The van der Waals surface area contributed by atoms with Crippen LogP contribution < -0.4 is 0 Å². The molecular weight excluding hydrogens is 168 g/mol. The zero-order chi connectivity index (χ0) is 9.97. The summed E-state index contributed by atoms with van der Waals surface area (Å²) < 4.78 is 0. The maximum absolute atomic E-state index is 2.36. The third-order valence-corrected chi connectivity index (χ3v) is 2.46. The highest BCUT2D eigenvalue weighted by atomic mass is 14.3. The van der Waals surface area contributed by atoms with Crippen LogP contribution in [0.4, 0.5) is 0 Å². The quantitative estimate of drug-likeness (QED) is 0.608. The van der Waals surface area contributed by atoms with Crippen LogP contribution in [-0.2, 0) is 0 Å². The summed E-state index contributed by atoms with van der Waals surface area (Å²) in [6.45, 7) is 4.33. The van der Waals surface area contributed by atoms with E-state index in [4.69, 9.17) is 0 Å². The zero-order valence-electron chi connectivity index (χ0n) is 8.83. The molecule has 0 N–H and O–H groups in total. The average molecular weight is 184 g/mol. The van der Waals surface area contributed by atoms with E-state index in [0.29, 0.717) is 0 Å². The minimum atomic E-state index is 0.722. The number of allylic oxidation sites excluding steroid dienone is 3. The maximum atomic E-state index is 2.36. The van der Waals surface area contributed by atoms with Crippen LogP contribution in [0.2, 0.25) is 0 Å². The van der Waals surface area contributed by atoms with Crippen molar-refractivity contribution < 1.29 is 0 Å². The first-order valence-electron chi connectivity index (χ1n) is 5.16. The Morgan fingerprint density at radius 3 is 2.57 bits per heavy atom. The van der Waals surface area contributed by atoms with Gasteiger partial charge in [-0.05, 0) is 25.8 Å². The van der Waals surface area contributed by atoms with E-state index in [1.807, 2.05) is 0 Å². The summed E-state index contributed by atoms with van der Waals surface area (Å²) in [7, 11) is 0. The number of rotatable bonds is 2. The summed E-state index contributed by atoms with van der Waals surface area (Å²) >= 11 is 0. The molecular formula is C14H16. The molecule has 2 rings (SSSR count). The van der Waals surface area contributed by atoms with E-state index < -0.39 is 0 Å². The Labute approximate surface area is 86.0 Å². The maximum Gasteiger partial charge on any atom is 0.00204 e. The lowest BCUT2D eigenvalue weighted by molar-refractivity contribution is 1.12. The summed E-state index contributed by atoms with van der Waals surface area (Å²) in [4.78, 5) is 0. The van der Waals surface area contributed by atoms with E-state index in [9.17, 15) is 0 Å². The van der Waals surface area contributed by atoms with Crippen molar-refractivity contribution in [2.45, 2.75) is 20.3 Å². The fourth-order valence-corrected chi connectivity index (χ4v) is 1.69. The van der Waals surface area contributed by atoms with Crippen molar-refractivity contribution in [3.63, 3.8) is 0 Å². The molecule has 0 aliphatic heterocycles. The van der Waals surface area contributed by atoms with Crippen molar-refractivity contribution in [3.8, 4) is 0 Å². The molecule has 72 valence electrons. The van der Waals surface area contributed by atoms with Crippen LogP contribution >= 0.6 is 0 Å². The first-order chi connectivity index (χ1) is 6.75. The van der Waals surface area contributed by atoms with Gasteiger partial charge in [0.2, 0.25) is 0 Å². The van der Waals surface area contributed by atoms with Gasteiger partial charge in [0.1, 0.15) is 0 Å².